The van der Waals surface area contributed by atoms with E-state index in [1.807, 2.05) is 0 Å². The molecule has 0 aromatic carbocycles. The minimum absolute atomic E-state index is 0.00733. The molecule has 1 saturated heterocycles. The molecule has 3 aliphatic carbocycles. The maximum absolute atomic E-state index is 12.6. The van der Waals surface area contributed by atoms with E-state index in [0.717, 1.165) is 58.2 Å². The van der Waals surface area contributed by atoms with Crippen molar-refractivity contribution in [2.45, 2.75) is 78.4 Å². The third kappa shape index (κ3) is 1.87. The molecule has 0 bridgehead atoms. The van der Waals surface area contributed by atoms with E-state index >= 15 is 0 Å². The van der Waals surface area contributed by atoms with Gasteiger partial charge in [-0.2, -0.15) is 0 Å². The highest BCUT2D eigenvalue weighted by atomic mass is 16.7. The fourth-order valence-corrected chi connectivity index (χ4v) is 7.11. The molecule has 4 rings (SSSR count). The second-order valence-electron chi connectivity index (χ2n) is 9.55. The van der Waals surface area contributed by atoms with Gasteiger partial charge in [-0.3, -0.25) is 4.79 Å². The van der Waals surface area contributed by atoms with Crippen LogP contribution in [0, 0.1) is 28.1 Å². The van der Waals surface area contributed by atoms with E-state index < -0.39 is 5.79 Å². The first-order chi connectivity index (χ1) is 10.8. The molecule has 1 aliphatic heterocycles. The Bertz CT molecular complexity index is 519. The van der Waals surface area contributed by atoms with Crippen molar-refractivity contribution < 1.29 is 14.3 Å². The van der Waals surface area contributed by atoms with Crippen LogP contribution in [0.3, 0.4) is 0 Å². The lowest BCUT2D eigenvalue weighted by molar-refractivity contribution is -0.361. The number of fused-ring (bicyclic) bond motifs is 3. The van der Waals surface area contributed by atoms with Crippen LogP contribution < -0.4 is 0 Å². The average molecular weight is 320 g/mol. The Labute approximate surface area is 140 Å². The van der Waals surface area contributed by atoms with Crippen molar-refractivity contribution in [2.24, 2.45) is 28.1 Å². The largest absolute Gasteiger partial charge is 0.349 e. The molecule has 0 aromatic heterocycles. The lowest BCUT2D eigenvalue weighted by Gasteiger charge is -2.65. The molecule has 1 heterocycles. The molecule has 4 atom stereocenters. The zero-order valence-corrected chi connectivity index (χ0v) is 15.2. The molecule has 0 amide bonds. The molecule has 1 unspecified atom stereocenters. The predicted octanol–water partition coefficient (Wildman–Crippen LogP) is 4.34. The van der Waals surface area contributed by atoms with Gasteiger partial charge in [-0.25, -0.2) is 0 Å². The van der Waals surface area contributed by atoms with Crippen molar-refractivity contribution in [2.75, 3.05) is 13.2 Å². The Morgan fingerprint density at radius 3 is 2.30 bits per heavy atom. The van der Waals surface area contributed by atoms with Gasteiger partial charge in [0.2, 0.25) is 0 Å². The fourth-order valence-electron chi connectivity index (χ4n) is 7.11. The van der Waals surface area contributed by atoms with Crippen LogP contribution in [0.15, 0.2) is 0 Å². The van der Waals surface area contributed by atoms with Gasteiger partial charge in [0, 0.05) is 23.7 Å². The van der Waals surface area contributed by atoms with Gasteiger partial charge < -0.3 is 9.47 Å². The van der Waals surface area contributed by atoms with Crippen molar-refractivity contribution >= 4 is 5.78 Å². The molecule has 130 valence electrons. The summed E-state index contributed by atoms with van der Waals surface area (Å²) in [7, 11) is 0. The van der Waals surface area contributed by atoms with Crippen molar-refractivity contribution in [1.29, 1.82) is 0 Å². The van der Waals surface area contributed by atoms with E-state index in [1.54, 1.807) is 0 Å². The van der Waals surface area contributed by atoms with Gasteiger partial charge >= 0.3 is 0 Å². The second kappa shape index (κ2) is 4.82. The number of Topliss-reactive ketones (excluding diaryl/α,β-unsaturated/α-hetero) is 1. The average Bonchev–Trinajstić information content (AvgIpc) is 2.82. The minimum Gasteiger partial charge on any atom is -0.349 e. The van der Waals surface area contributed by atoms with E-state index in [2.05, 4.69) is 27.7 Å². The van der Waals surface area contributed by atoms with Gasteiger partial charge in [-0.05, 0) is 49.4 Å². The Kier molecular flexibility index (Phi) is 3.37. The molecular formula is C20H32O3. The maximum atomic E-state index is 12.6. The first kappa shape index (κ1) is 16.1. The highest BCUT2D eigenvalue weighted by Gasteiger charge is 2.68. The second-order valence-corrected chi connectivity index (χ2v) is 9.55. The summed E-state index contributed by atoms with van der Waals surface area (Å²) in [4.78, 5) is 12.6. The summed E-state index contributed by atoms with van der Waals surface area (Å²) in [5.41, 5.74) is 0.186. The Hall–Kier alpha value is -0.410. The number of hydrogen-bond acceptors (Lipinski definition) is 3. The fraction of sp³-hybridized carbons (Fsp3) is 0.950. The smallest absolute Gasteiger partial charge is 0.173 e. The van der Waals surface area contributed by atoms with Gasteiger partial charge in [-0.1, -0.05) is 27.7 Å². The first-order valence-electron chi connectivity index (χ1n) is 9.58. The molecule has 0 N–H and O–H groups in total. The molecule has 0 aromatic rings. The molecule has 4 aliphatic rings. The highest BCUT2D eigenvalue weighted by Crippen LogP contribution is 2.70. The number of carbonyl (C=O) groups is 1. The van der Waals surface area contributed by atoms with Gasteiger partial charge in [0.25, 0.3) is 0 Å². The molecule has 1 spiro atoms. The quantitative estimate of drug-likeness (QED) is 0.666. The summed E-state index contributed by atoms with van der Waals surface area (Å²) in [6, 6.07) is 0. The standard InChI is InChI=1S/C20H32O3/c1-17(2)14-8-9-19(4)15(6-7-16(19)21)18(14,3)10-11-20(17)22-12-5-13-23-20/h14-15H,5-13H2,1-4H3/t14-,15+,18-,19?/m0/s1. The van der Waals surface area contributed by atoms with Crippen molar-refractivity contribution in [3.05, 3.63) is 0 Å². The molecule has 0 radical (unpaired) electrons. The van der Waals surface area contributed by atoms with Crippen LogP contribution in [0.4, 0.5) is 0 Å². The third-order valence-electron chi connectivity index (χ3n) is 8.42. The maximum Gasteiger partial charge on any atom is 0.173 e. The summed E-state index contributed by atoms with van der Waals surface area (Å²) in [6.07, 6.45) is 7.19. The normalized spacial score (nSPS) is 48.1. The Morgan fingerprint density at radius 1 is 0.913 bits per heavy atom. The molecule has 3 saturated carbocycles. The van der Waals surface area contributed by atoms with E-state index in [-0.39, 0.29) is 16.2 Å². The minimum atomic E-state index is -0.397. The van der Waals surface area contributed by atoms with E-state index in [0.29, 0.717) is 17.6 Å². The van der Waals surface area contributed by atoms with Crippen molar-refractivity contribution in [1.82, 2.24) is 0 Å². The van der Waals surface area contributed by atoms with Crippen LogP contribution in [0.1, 0.15) is 72.6 Å². The van der Waals surface area contributed by atoms with Gasteiger partial charge in [-0.15, -0.1) is 0 Å². The van der Waals surface area contributed by atoms with Gasteiger partial charge in [0.05, 0.1) is 13.2 Å². The zero-order valence-electron chi connectivity index (χ0n) is 15.2. The Balaban J connectivity index is 1.72. The van der Waals surface area contributed by atoms with E-state index in [1.165, 1.54) is 0 Å². The number of ether oxygens (including phenoxy) is 2. The molecule has 23 heavy (non-hydrogen) atoms. The zero-order chi connectivity index (χ0) is 16.5. The monoisotopic (exact) mass is 320 g/mol. The summed E-state index contributed by atoms with van der Waals surface area (Å²) in [5.74, 6) is 1.24. The topological polar surface area (TPSA) is 35.5 Å². The molecule has 4 fully saturated rings. The van der Waals surface area contributed by atoms with Crippen LogP contribution in [0.5, 0.6) is 0 Å². The lowest BCUT2D eigenvalue weighted by Crippen LogP contribution is -2.65. The van der Waals surface area contributed by atoms with Crippen LogP contribution >= 0.6 is 0 Å². The van der Waals surface area contributed by atoms with Crippen molar-refractivity contribution in [3.8, 4) is 0 Å². The van der Waals surface area contributed by atoms with Gasteiger partial charge in [0.1, 0.15) is 5.78 Å². The third-order valence-corrected chi connectivity index (χ3v) is 8.42. The van der Waals surface area contributed by atoms with E-state index in [9.17, 15) is 4.79 Å². The van der Waals surface area contributed by atoms with Crippen molar-refractivity contribution in [3.63, 3.8) is 0 Å². The Morgan fingerprint density at radius 2 is 1.61 bits per heavy atom. The molecular weight excluding hydrogens is 288 g/mol. The summed E-state index contributed by atoms with van der Waals surface area (Å²) < 4.78 is 12.6. The number of carbonyl (C=O) groups excluding carboxylic acids is 1. The number of hydrogen-bond donors (Lipinski definition) is 0. The van der Waals surface area contributed by atoms with Gasteiger partial charge in [0.15, 0.2) is 5.79 Å². The lowest BCUT2D eigenvalue weighted by atomic mass is 9.42. The first-order valence-corrected chi connectivity index (χ1v) is 9.58. The molecule has 3 nitrogen and oxygen atoms in total. The number of rotatable bonds is 0. The highest BCUT2D eigenvalue weighted by molar-refractivity contribution is 5.87. The predicted molar refractivity (Wildman–Crippen MR) is 88.9 cm³/mol. The SMILES string of the molecule is CC12CC[C@H]3C(C)(C)C4(CC[C@]3(C)[C@H]1CCC2=O)OCCCO4. The summed E-state index contributed by atoms with van der Waals surface area (Å²) >= 11 is 0. The van der Waals surface area contributed by atoms with Crippen LogP contribution in [0.2, 0.25) is 0 Å². The summed E-state index contributed by atoms with van der Waals surface area (Å²) in [6.45, 7) is 11.1. The molecule has 3 heteroatoms. The van der Waals surface area contributed by atoms with Crippen LogP contribution in [0.25, 0.3) is 0 Å². The van der Waals surface area contributed by atoms with Crippen LogP contribution in [-0.2, 0) is 14.3 Å². The summed E-state index contributed by atoms with van der Waals surface area (Å²) in [5, 5.41) is 0. The van der Waals surface area contributed by atoms with E-state index in [4.69, 9.17) is 9.47 Å². The van der Waals surface area contributed by atoms with Crippen LogP contribution in [-0.4, -0.2) is 24.8 Å². The number of ketones is 1.